The van der Waals surface area contributed by atoms with E-state index < -0.39 is 0 Å². The second-order valence-electron chi connectivity index (χ2n) is 3.05. The highest BCUT2D eigenvalue weighted by atomic mass is 15.4. The molecule has 0 amide bonds. The molecule has 5 nitrogen and oxygen atoms in total. The zero-order valence-corrected chi connectivity index (χ0v) is 7.78. The Bertz CT molecular complexity index is 587. The predicted molar refractivity (Wildman–Crippen MR) is 54.0 cm³/mol. The van der Waals surface area contributed by atoms with E-state index in [4.69, 9.17) is 0 Å². The molecule has 0 radical (unpaired) electrons. The smallest absolute Gasteiger partial charge is 0.185 e. The molecule has 5 heteroatoms. The standard InChI is InChI=1S/C10H7N5/c1-2-9-13-14-10(15(9)12-5-1)8-3-6-11-7-4-8/h1-7H. The number of pyridine rings is 1. The second kappa shape index (κ2) is 3.13. The Morgan fingerprint density at radius 1 is 0.933 bits per heavy atom. The monoisotopic (exact) mass is 197 g/mol. The molecule has 0 fully saturated rings. The van der Waals surface area contributed by atoms with Crippen LogP contribution in [0.3, 0.4) is 0 Å². The van der Waals surface area contributed by atoms with Crippen LogP contribution in [0, 0.1) is 0 Å². The maximum absolute atomic E-state index is 4.19. The van der Waals surface area contributed by atoms with Gasteiger partial charge in [0.15, 0.2) is 11.5 Å². The first-order valence-corrected chi connectivity index (χ1v) is 4.52. The molecule has 0 N–H and O–H groups in total. The normalized spacial score (nSPS) is 10.7. The molecule has 0 atom stereocenters. The number of nitrogens with zero attached hydrogens (tertiary/aromatic N) is 5. The van der Waals surface area contributed by atoms with Crippen LogP contribution in [0.1, 0.15) is 0 Å². The van der Waals surface area contributed by atoms with Gasteiger partial charge in [0.2, 0.25) is 0 Å². The molecule has 0 spiro atoms. The number of fused-ring (bicyclic) bond motifs is 1. The number of rotatable bonds is 1. The topological polar surface area (TPSA) is 56.0 Å². The van der Waals surface area contributed by atoms with Crippen molar-refractivity contribution in [3.63, 3.8) is 0 Å². The van der Waals surface area contributed by atoms with Crippen molar-refractivity contribution < 1.29 is 0 Å². The molecule has 0 saturated heterocycles. The van der Waals surface area contributed by atoms with Crippen LogP contribution in [0.15, 0.2) is 42.9 Å². The first-order valence-electron chi connectivity index (χ1n) is 4.52. The molecule has 0 bridgehead atoms. The van der Waals surface area contributed by atoms with E-state index in [0.29, 0.717) is 0 Å². The van der Waals surface area contributed by atoms with Crippen LogP contribution in [-0.2, 0) is 0 Å². The van der Waals surface area contributed by atoms with Gasteiger partial charge < -0.3 is 0 Å². The van der Waals surface area contributed by atoms with E-state index in [2.05, 4.69) is 20.3 Å². The molecule has 0 aliphatic heterocycles. The molecule has 0 aliphatic carbocycles. The minimum Gasteiger partial charge on any atom is -0.265 e. The van der Waals surface area contributed by atoms with Gasteiger partial charge in [-0.1, -0.05) is 0 Å². The molecule has 3 rings (SSSR count). The molecule has 3 heterocycles. The van der Waals surface area contributed by atoms with Crippen LogP contribution in [0.4, 0.5) is 0 Å². The Hall–Kier alpha value is -2.30. The van der Waals surface area contributed by atoms with Crippen LogP contribution in [0.5, 0.6) is 0 Å². The average molecular weight is 197 g/mol. The van der Waals surface area contributed by atoms with Crippen molar-refractivity contribution in [3.8, 4) is 11.4 Å². The summed E-state index contributed by atoms with van der Waals surface area (Å²) in [6.45, 7) is 0. The van der Waals surface area contributed by atoms with Crippen molar-refractivity contribution in [3.05, 3.63) is 42.9 Å². The zero-order valence-electron chi connectivity index (χ0n) is 7.78. The first kappa shape index (κ1) is 8.05. The average Bonchev–Trinajstić information content (AvgIpc) is 2.74. The molecule has 0 unspecified atom stereocenters. The Morgan fingerprint density at radius 3 is 2.67 bits per heavy atom. The lowest BCUT2D eigenvalue weighted by atomic mass is 10.2. The van der Waals surface area contributed by atoms with Crippen molar-refractivity contribution in [2.75, 3.05) is 0 Å². The van der Waals surface area contributed by atoms with Crippen LogP contribution in [-0.4, -0.2) is 24.8 Å². The molecule has 15 heavy (non-hydrogen) atoms. The minimum atomic E-state index is 0.730. The lowest BCUT2D eigenvalue weighted by molar-refractivity contribution is 0.935. The fourth-order valence-corrected chi connectivity index (χ4v) is 1.42. The number of hydrogen-bond acceptors (Lipinski definition) is 4. The zero-order chi connectivity index (χ0) is 10.1. The van der Waals surface area contributed by atoms with E-state index in [9.17, 15) is 0 Å². The second-order valence-corrected chi connectivity index (χ2v) is 3.05. The van der Waals surface area contributed by atoms with Gasteiger partial charge in [-0.05, 0) is 24.3 Å². The highest BCUT2D eigenvalue weighted by molar-refractivity contribution is 5.57. The fourth-order valence-electron chi connectivity index (χ4n) is 1.42. The van der Waals surface area contributed by atoms with Crippen LogP contribution < -0.4 is 0 Å². The van der Waals surface area contributed by atoms with Crippen molar-refractivity contribution in [2.24, 2.45) is 0 Å². The predicted octanol–water partition coefficient (Wildman–Crippen LogP) is 1.19. The summed E-state index contributed by atoms with van der Waals surface area (Å²) in [5.74, 6) is 0.730. The molecular formula is C10H7N5. The van der Waals surface area contributed by atoms with E-state index in [1.807, 2.05) is 24.3 Å². The summed E-state index contributed by atoms with van der Waals surface area (Å²) in [6, 6.07) is 7.46. The lowest BCUT2D eigenvalue weighted by Gasteiger charge is -1.96. The molecule has 72 valence electrons. The summed E-state index contributed by atoms with van der Waals surface area (Å²) >= 11 is 0. The van der Waals surface area contributed by atoms with E-state index in [1.165, 1.54) is 0 Å². The highest BCUT2D eigenvalue weighted by Gasteiger charge is 2.06. The van der Waals surface area contributed by atoms with E-state index in [1.54, 1.807) is 23.1 Å². The Balaban J connectivity index is 2.28. The van der Waals surface area contributed by atoms with Gasteiger partial charge in [0.25, 0.3) is 0 Å². The maximum Gasteiger partial charge on any atom is 0.185 e. The summed E-state index contributed by atoms with van der Waals surface area (Å²) in [6.07, 6.45) is 5.15. The molecule has 3 aromatic heterocycles. The van der Waals surface area contributed by atoms with E-state index in [-0.39, 0.29) is 0 Å². The van der Waals surface area contributed by atoms with E-state index >= 15 is 0 Å². The largest absolute Gasteiger partial charge is 0.265 e. The summed E-state index contributed by atoms with van der Waals surface area (Å²) in [5.41, 5.74) is 1.69. The Morgan fingerprint density at radius 2 is 1.80 bits per heavy atom. The van der Waals surface area contributed by atoms with Gasteiger partial charge in [0.05, 0.1) is 0 Å². The lowest BCUT2D eigenvalue weighted by Crippen LogP contribution is -1.93. The number of aromatic nitrogens is 5. The number of hydrogen-bond donors (Lipinski definition) is 0. The van der Waals surface area contributed by atoms with E-state index in [0.717, 1.165) is 17.0 Å². The molecule has 0 aliphatic rings. The van der Waals surface area contributed by atoms with Gasteiger partial charge in [-0.3, -0.25) is 4.98 Å². The summed E-state index contributed by atoms with van der Waals surface area (Å²) in [5, 5.41) is 12.3. The molecule has 0 aromatic carbocycles. The minimum absolute atomic E-state index is 0.730. The van der Waals surface area contributed by atoms with Crippen molar-refractivity contribution >= 4 is 5.65 Å². The third kappa shape index (κ3) is 1.25. The molecular weight excluding hydrogens is 190 g/mol. The van der Waals surface area contributed by atoms with Gasteiger partial charge in [0, 0.05) is 24.2 Å². The van der Waals surface area contributed by atoms with Crippen LogP contribution in [0.25, 0.3) is 17.0 Å². The SMILES string of the molecule is c1cnn2c(-c3ccncc3)nnc2c1. The van der Waals surface area contributed by atoms with Gasteiger partial charge in [-0.25, -0.2) is 0 Å². The maximum atomic E-state index is 4.19. The van der Waals surface area contributed by atoms with Gasteiger partial charge in [-0.15, -0.1) is 10.2 Å². The van der Waals surface area contributed by atoms with Gasteiger partial charge >= 0.3 is 0 Å². The Kier molecular flexibility index (Phi) is 1.68. The van der Waals surface area contributed by atoms with Crippen molar-refractivity contribution in [1.82, 2.24) is 24.8 Å². The van der Waals surface area contributed by atoms with Gasteiger partial charge in [-0.2, -0.15) is 9.61 Å². The van der Waals surface area contributed by atoms with Gasteiger partial charge in [0.1, 0.15) is 0 Å². The highest BCUT2D eigenvalue weighted by Crippen LogP contribution is 2.15. The first-order chi connectivity index (χ1) is 7.45. The van der Waals surface area contributed by atoms with Crippen LogP contribution in [0.2, 0.25) is 0 Å². The quantitative estimate of drug-likeness (QED) is 0.588. The third-order valence-corrected chi connectivity index (χ3v) is 2.12. The summed E-state index contributed by atoms with van der Waals surface area (Å²) in [4.78, 5) is 3.96. The summed E-state index contributed by atoms with van der Waals surface area (Å²) < 4.78 is 1.70. The molecule has 3 aromatic rings. The molecule has 0 saturated carbocycles. The van der Waals surface area contributed by atoms with Crippen molar-refractivity contribution in [1.29, 1.82) is 0 Å². The fraction of sp³-hybridized carbons (Fsp3) is 0. The van der Waals surface area contributed by atoms with Crippen LogP contribution >= 0.6 is 0 Å². The summed E-state index contributed by atoms with van der Waals surface area (Å²) in [7, 11) is 0. The Labute approximate surface area is 85.4 Å². The van der Waals surface area contributed by atoms with Crippen molar-refractivity contribution in [2.45, 2.75) is 0 Å². The third-order valence-electron chi connectivity index (χ3n) is 2.12.